The SMILES string of the molecule is COC(=O)c1ccc(/C=N/NS(=O)(=O)c2ccc(Br)cc2)cc1. The molecule has 0 bridgehead atoms. The number of nitrogens with one attached hydrogen (secondary N) is 1. The first-order chi connectivity index (χ1) is 10.9. The van der Waals surface area contributed by atoms with E-state index in [1.54, 1.807) is 36.4 Å². The highest BCUT2D eigenvalue weighted by molar-refractivity contribution is 9.10. The van der Waals surface area contributed by atoms with Gasteiger partial charge in [-0.1, -0.05) is 28.1 Å². The van der Waals surface area contributed by atoms with Crippen molar-refractivity contribution in [3.05, 3.63) is 64.1 Å². The fraction of sp³-hybridized carbons (Fsp3) is 0.0667. The second-order valence-corrected chi connectivity index (χ2v) is 7.00. The zero-order chi connectivity index (χ0) is 16.9. The molecule has 0 heterocycles. The summed E-state index contributed by atoms with van der Waals surface area (Å²) in [7, 11) is -2.42. The number of methoxy groups -OCH3 is 1. The van der Waals surface area contributed by atoms with E-state index in [1.807, 2.05) is 0 Å². The Balaban J connectivity index is 2.06. The molecule has 1 N–H and O–H groups in total. The largest absolute Gasteiger partial charge is 0.465 e. The number of hydrazone groups is 1. The van der Waals surface area contributed by atoms with E-state index in [1.165, 1.54) is 25.5 Å². The van der Waals surface area contributed by atoms with E-state index in [-0.39, 0.29) is 4.90 Å². The molecule has 0 aliphatic rings. The Morgan fingerprint density at radius 2 is 1.74 bits per heavy atom. The van der Waals surface area contributed by atoms with Gasteiger partial charge in [0.2, 0.25) is 0 Å². The summed E-state index contributed by atoms with van der Waals surface area (Å²) in [6.07, 6.45) is 1.34. The van der Waals surface area contributed by atoms with Crippen LogP contribution in [0.25, 0.3) is 0 Å². The Morgan fingerprint density at radius 1 is 1.13 bits per heavy atom. The van der Waals surface area contributed by atoms with Gasteiger partial charge in [0.15, 0.2) is 0 Å². The lowest BCUT2D eigenvalue weighted by Gasteiger charge is -2.03. The number of rotatable bonds is 5. The third-order valence-corrected chi connectivity index (χ3v) is 4.61. The lowest BCUT2D eigenvalue weighted by atomic mass is 10.1. The van der Waals surface area contributed by atoms with Gasteiger partial charge in [0.05, 0.1) is 23.8 Å². The lowest BCUT2D eigenvalue weighted by molar-refractivity contribution is 0.0600. The van der Waals surface area contributed by atoms with Crippen molar-refractivity contribution in [2.24, 2.45) is 5.10 Å². The summed E-state index contributed by atoms with van der Waals surface area (Å²) in [4.78, 5) is 13.5. The van der Waals surface area contributed by atoms with Crippen LogP contribution in [-0.2, 0) is 14.8 Å². The molecular weight excluding hydrogens is 384 g/mol. The third kappa shape index (κ3) is 4.64. The molecule has 0 aliphatic carbocycles. The molecule has 8 heteroatoms. The van der Waals surface area contributed by atoms with Crippen LogP contribution in [0, 0.1) is 0 Å². The highest BCUT2D eigenvalue weighted by Crippen LogP contribution is 2.14. The van der Waals surface area contributed by atoms with Crippen LogP contribution in [-0.4, -0.2) is 27.7 Å². The van der Waals surface area contributed by atoms with Crippen molar-refractivity contribution in [1.82, 2.24) is 4.83 Å². The Bertz CT molecular complexity index is 816. The van der Waals surface area contributed by atoms with Gasteiger partial charge in [0.25, 0.3) is 10.0 Å². The van der Waals surface area contributed by atoms with Crippen LogP contribution < -0.4 is 4.83 Å². The van der Waals surface area contributed by atoms with E-state index in [0.717, 1.165) is 4.47 Å². The van der Waals surface area contributed by atoms with Gasteiger partial charge in [-0.05, 0) is 42.0 Å². The molecule has 0 unspecified atom stereocenters. The molecular formula is C15H13BrN2O4S. The number of ether oxygens (including phenoxy) is 1. The average Bonchev–Trinajstić information content (AvgIpc) is 2.55. The number of hydrogen-bond donors (Lipinski definition) is 1. The fourth-order valence-electron chi connectivity index (χ4n) is 1.66. The van der Waals surface area contributed by atoms with Crippen LogP contribution in [0.2, 0.25) is 0 Å². The van der Waals surface area contributed by atoms with Gasteiger partial charge in [-0.3, -0.25) is 0 Å². The summed E-state index contributed by atoms with van der Waals surface area (Å²) in [5.41, 5.74) is 1.04. The second kappa shape index (κ2) is 7.38. The number of hydrogen-bond acceptors (Lipinski definition) is 5. The van der Waals surface area contributed by atoms with Gasteiger partial charge in [0, 0.05) is 4.47 Å². The molecule has 0 saturated heterocycles. The van der Waals surface area contributed by atoms with Crippen molar-refractivity contribution in [3.8, 4) is 0 Å². The predicted molar refractivity (Wildman–Crippen MR) is 89.8 cm³/mol. The van der Waals surface area contributed by atoms with Gasteiger partial charge >= 0.3 is 5.97 Å². The zero-order valence-electron chi connectivity index (χ0n) is 12.1. The van der Waals surface area contributed by atoms with Crippen LogP contribution in [0.4, 0.5) is 0 Å². The molecule has 0 fully saturated rings. The Kier molecular flexibility index (Phi) is 5.51. The molecule has 0 aromatic heterocycles. The topological polar surface area (TPSA) is 84.8 Å². The van der Waals surface area contributed by atoms with Crippen LogP contribution >= 0.6 is 15.9 Å². The molecule has 0 radical (unpaired) electrons. The molecule has 2 aromatic rings. The molecule has 2 aromatic carbocycles. The van der Waals surface area contributed by atoms with E-state index in [2.05, 4.69) is 30.6 Å². The first-order valence-electron chi connectivity index (χ1n) is 6.41. The summed E-state index contributed by atoms with van der Waals surface area (Å²) in [6.45, 7) is 0. The van der Waals surface area contributed by atoms with Gasteiger partial charge in [-0.25, -0.2) is 9.63 Å². The Morgan fingerprint density at radius 3 is 2.30 bits per heavy atom. The maximum atomic E-state index is 12.0. The molecule has 0 aliphatic heterocycles. The molecule has 120 valence electrons. The van der Waals surface area contributed by atoms with E-state index >= 15 is 0 Å². The van der Waals surface area contributed by atoms with Crippen molar-refractivity contribution >= 4 is 38.1 Å². The molecule has 0 saturated carbocycles. The summed E-state index contributed by atoms with van der Waals surface area (Å²) < 4.78 is 29.4. The van der Waals surface area contributed by atoms with E-state index in [4.69, 9.17) is 0 Å². The summed E-state index contributed by atoms with van der Waals surface area (Å²) in [5.74, 6) is -0.440. The maximum absolute atomic E-state index is 12.0. The molecule has 23 heavy (non-hydrogen) atoms. The van der Waals surface area contributed by atoms with E-state index in [0.29, 0.717) is 11.1 Å². The number of carbonyl (C=O) groups excluding carboxylic acids is 1. The minimum Gasteiger partial charge on any atom is -0.465 e. The van der Waals surface area contributed by atoms with Crippen molar-refractivity contribution < 1.29 is 17.9 Å². The Labute approximate surface area is 142 Å². The average molecular weight is 397 g/mol. The summed E-state index contributed by atoms with van der Waals surface area (Å²) in [5, 5.41) is 3.72. The maximum Gasteiger partial charge on any atom is 0.337 e. The van der Waals surface area contributed by atoms with Gasteiger partial charge in [0.1, 0.15) is 0 Å². The first kappa shape index (κ1) is 17.2. The normalized spacial score (nSPS) is 11.4. The second-order valence-electron chi connectivity index (χ2n) is 4.42. The van der Waals surface area contributed by atoms with Gasteiger partial charge in [-0.2, -0.15) is 13.5 Å². The molecule has 0 spiro atoms. The summed E-state index contributed by atoms with van der Waals surface area (Å²) >= 11 is 3.24. The number of halogens is 1. The van der Waals surface area contributed by atoms with Crippen LogP contribution in [0.5, 0.6) is 0 Å². The highest BCUT2D eigenvalue weighted by atomic mass is 79.9. The molecule has 0 amide bonds. The van der Waals surface area contributed by atoms with Gasteiger partial charge < -0.3 is 4.74 Å². The standard InChI is InChI=1S/C15H13BrN2O4S/c1-22-15(19)12-4-2-11(3-5-12)10-17-18-23(20,21)14-8-6-13(16)7-9-14/h2-10,18H,1H3/b17-10+. The van der Waals surface area contributed by atoms with Crippen LogP contribution in [0.15, 0.2) is 63.0 Å². The number of nitrogens with zero attached hydrogens (tertiary/aromatic N) is 1. The first-order valence-corrected chi connectivity index (χ1v) is 8.69. The monoisotopic (exact) mass is 396 g/mol. The minimum absolute atomic E-state index is 0.110. The lowest BCUT2D eigenvalue weighted by Crippen LogP contribution is -2.18. The highest BCUT2D eigenvalue weighted by Gasteiger charge is 2.11. The third-order valence-electron chi connectivity index (χ3n) is 2.84. The molecule has 0 atom stereocenters. The molecule has 6 nitrogen and oxygen atoms in total. The van der Waals surface area contributed by atoms with Gasteiger partial charge in [-0.15, -0.1) is 0 Å². The number of carbonyl (C=O) groups is 1. The smallest absolute Gasteiger partial charge is 0.337 e. The van der Waals surface area contributed by atoms with Crippen molar-refractivity contribution in [2.45, 2.75) is 4.90 Å². The number of sulfonamides is 1. The zero-order valence-corrected chi connectivity index (χ0v) is 14.5. The van der Waals surface area contributed by atoms with E-state index < -0.39 is 16.0 Å². The summed E-state index contributed by atoms with van der Waals surface area (Å²) in [6, 6.07) is 12.6. The Hall–Kier alpha value is -2.19. The van der Waals surface area contributed by atoms with Crippen molar-refractivity contribution in [3.63, 3.8) is 0 Å². The van der Waals surface area contributed by atoms with E-state index in [9.17, 15) is 13.2 Å². The quantitative estimate of drug-likeness (QED) is 0.478. The van der Waals surface area contributed by atoms with Crippen LogP contribution in [0.1, 0.15) is 15.9 Å². The van der Waals surface area contributed by atoms with Crippen molar-refractivity contribution in [2.75, 3.05) is 7.11 Å². The van der Waals surface area contributed by atoms with Crippen LogP contribution in [0.3, 0.4) is 0 Å². The molecule has 2 rings (SSSR count). The fourth-order valence-corrected chi connectivity index (χ4v) is 2.72. The number of benzene rings is 2. The predicted octanol–water partition coefficient (Wildman–Crippen LogP) is 2.55. The van der Waals surface area contributed by atoms with Crippen molar-refractivity contribution in [1.29, 1.82) is 0 Å². The minimum atomic E-state index is -3.72. The number of esters is 1.